The zero-order valence-electron chi connectivity index (χ0n) is 15.3. The van der Waals surface area contributed by atoms with Gasteiger partial charge < -0.3 is 14.9 Å². The Hall–Kier alpha value is -0.610. The number of hydrogen-bond donors (Lipinski definition) is 2. The Labute approximate surface area is 148 Å². The smallest absolute Gasteiger partial charge is 0.309 e. The van der Waals surface area contributed by atoms with Crippen LogP contribution in [0.5, 0.6) is 0 Å². The lowest BCUT2D eigenvalue weighted by atomic mass is 9.67. The third-order valence-corrected chi connectivity index (χ3v) is 6.44. The number of hydrogen-bond acceptors (Lipinski definition) is 4. The Kier molecular flexibility index (Phi) is 7.30. The van der Waals surface area contributed by atoms with E-state index in [9.17, 15) is 4.79 Å². The molecule has 4 fully saturated rings. The number of aliphatic hydroxyl groups excluding tert-OH is 2. The van der Waals surface area contributed by atoms with E-state index in [-0.39, 0.29) is 24.9 Å². The van der Waals surface area contributed by atoms with E-state index >= 15 is 0 Å². The Morgan fingerprint density at radius 1 is 0.875 bits per heavy atom. The molecule has 4 saturated carbocycles. The second-order valence-electron chi connectivity index (χ2n) is 8.52. The van der Waals surface area contributed by atoms with Crippen molar-refractivity contribution < 1.29 is 19.7 Å². The summed E-state index contributed by atoms with van der Waals surface area (Å²) in [6.07, 6.45) is 6.85. The lowest BCUT2D eigenvalue weighted by Gasteiger charge is -2.38. The lowest BCUT2D eigenvalue weighted by Crippen LogP contribution is -2.38. The van der Waals surface area contributed by atoms with Gasteiger partial charge in [0.1, 0.15) is 5.60 Å². The van der Waals surface area contributed by atoms with E-state index in [0.717, 1.165) is 50.2 Å². The molecular formula is C20H38O4. The van der Waals surface area contributed by atoms with Crippen LogP contribution in [-0.2, 0) is 9.53 Å². The summed E-state index contributed by atoms with van der Waals surface area (Å²) >= 11 is 0. The quantitative estimate of drug-likeness (QED) is 0.565. The van der Waals surface area contributed by atoms with Crippen molar-refractivity contribution in [3.8, 4) is 0 Å². The number of aliphatic hydroxyl groups is 2. The third-order valence-electron chi connectivity index (χ3n) is 6.44. The Bertz CT molecular complexity index is 414. The highest BCUT2D eigenvalue weighted by atomic mass is 16.6. The van der Waals surface area contributed by atoms with Crippen LogP contribution in [0.2, 0.25) is 0 Å². The number of fused-ring (bicyclic) bond motifs is 9. The molecule has 7 atom stereocenters. The highest BCUT2D eigenvalue weighted by Gasteiger charge is 2.63. The van der Waals surface area contributed by atoms with E-state index in [1.54, 1.807) is 0 Å². The van der Waals surface area contributed by atoms with Gasteiger partial charge in [-0.2, -0.15) is 0 Å². The standard InChI is InChI=1S/C17H26O2.2CH4O.CH4/c1-17(2,3)19-16(18)13-8-11-7-12(13)15-10-5-4-9(6-10)14(11)15;2*1-2;/h9-15H,4-8H2,1-3H3;2*2H,1H3;1H4. The van der Waals surface area contributed by atoms with E-state index in [0.29, 0.717) is 5.92 Å². The first-order chi connectivity index (χ1) is 10.9. The van der Waals surface area contributed by atoms with Gasteiger partial charge in [-0.05, 0) is 88.4 Å². The van der Waals surface area contributed by atoms with E-state index in [4.69, 9.17) is 14.9 Å². The van der Waals surface area contributed by atoms with Gasteiger partial charge in [-0.25, -0.2) is 0 Å². The predicted octanol–water partition coefficient (Wildman–Crippen LogP) is 3.50. The fourth-order valence-corrected chi connectivity index (χ4v) is 6.21. The molecule has 0 aromatic heterocycles. The van der Waals surface area contributed by atoms with E-state index in [1.807, 2.05) is 20.8 Å². The Morgan fingerprint density at radius 2 is 1.42 bits per heavy atom. The summed E-state index contributed by atoms with van der Waals surface area (Å²) in [6.45, 7) is 5.95. The van der Waals surface area contributed by atoms with Crippen molar-refractivity contribution in [3.05, 3.63) is 0 Å². The molecule has 0 amide bonds. The highest BCUT2D eigenvalue weighted by molar-refractivity contribution is 5.74. The number of ether oxygens (including phenoxy) is 1. The Balaban J connectivity index is 0.000000539. The molecule has 0 spiro atoms. The minimum Gasteiger partial charge on any atom is -0.460 e. The first-order valence-corrected chi connectivity index (χ1v) is 9.06. The van der Waals surface area contributed by atoms with Crippen molar-refractivity contribution >= 4 is 5.97 Å². The van der Waals surface area contributed by atoms with Crippen LogP contribution in [0.1, 0.15) is 60.3 Å². The molecule has 4 aliphatic rings. The van der Waals surface area contributed by atoms with Gasteiger partial charge in [0.25, 0.3) is 0 Å². The van der Waals surface area contributed by atoms with Gasteiger partial charge in [0.2, 0.25) is 0 Å². The monoisotopic (exact) mass is 342 g/mol. The maximum absolute atomic E-state index is 12.4. The molecule has 7 unspecified atom stereocenters. The molecule has 4 heteroatoms. The molecular weight excluding hydrogens is 304 g/mol. The maximum Gasteiger partial charge on any atom is 0.309 e. The molecule has 4 bridgehead atoms. The topological polar surface area (TPSA) is 66.8 Å². The normalized spacial score (nSPS) is 40.5. The lowest BCUT2D eigenvalue weighted by molar-refractivity contribution is -0.163. The predicted molar refractivity (Wildman–Crippen MR) is 96.4 cm³/mol. The van der Waals surface area contributed by atoms with Crippen LogP contribution >= 0.6 is 0 Å². The van der Waals surface area contributed by atoms with Gasteiger partial charge >= 0.3 is 5.97 Å². The largest absolute Gasteiger partial charge is 0.460 e. The number of rotatable bonds is 1. The summed E-state index contributed by atoms with van der Waals surface area (Å²) in [4.78, 5) is 12.4. The molecule has 4 nitrogen and oxygen atoms in total. The van der Waals surface area contributed by atoms with Crippen molar-refractivity contribution in [2.45, 2.75) is 65.9 Å². The van der Waals surface area contributed by atoms with Gasteiger partial charge in [-0.15, -0.1) is 0 Å². The highest BCUT2D eigenvalue weighted by Crippen LogP contribution is 2.68. The SMILES string of the molecule is C.CC(C)(C)OC(=O)C1CC2CC1C1C3CCC(C3)C21.CO.CO. The molecule has 0 radical (unpaired) electrons. The molecule has 4 aliphatic carbocycles. The summed E-state index contributed by atoms with van der Waals surface area (Å²) in [5.41, 5.74) is -0.326. The minimum atomic E-state index is -0.326. The molecule has 4 rings (SSSR count). The first-order valence-electron chi connectivity index (χ1n) is 9.06. The van der Waals surface area contributed by atoms with Gasteiger partial charge in [0.05, 0.1) is 5.92 Å². The van der Waals surface area contributed by atoms with Crippen LogP contribution in [0.4, 0.5) is 0 Å². The van der Waals surface area contributed by atoms with Crippen molar-refractivity contribution in [3.63, 3.8) is 0 Å². The third kappa shape index (κ3) is 3.65. The van der Waals surface area contributed by atoms with Crippen LogP contribution in [0, 0.1) is 41.4 Å². The summed E-state index contributed by atoms with van der Waals surface area (Å²) in [6, 6.07) is 0. The zero-order chi connectivity index (χ0) is 17.4. The fourth-order valence-electron chi connectivity index (χ4n) is 6.21. The van der Waals surface area contributed by atoms with E-state index < -0.39 is 0 Å². The molecule has 0 aliphatic heterocycles. The average molecular weight is 343 g/mol. The number of carbonyl (C=O) groups excluding carboxylic acids is 1. The van der Waals surface area contributed by atoms with E-state index in [2.05, 4.69) is 0 Å². The van der Waals surface area contributed by atoms with Crippen molar-refractivity contribution in [1.82, 2.24) is 0 Å². The average Bonchev–Trinajstić information content (AvgIpc) is 3.27. The molecule has 142 valence electrons. The van der Waals surface area contributed by atoms with Crippen LogP contribution in [0.3, 0.4) is 0 Å². The van der Waals surface area contributed by atoms with Crippen LogP contribution in [-0.4, -0.2) is 36.0 Å². The minimum absolute atomic E-state index is 0. The second-order valence-corrected chi connectivity index (χ2v) is 8.52. The molecule has 2 N–H and O–H groups in total. The molecule has 0 aromatic rings. The van der Waals surface area contributed by atoms with Crippen molar-refractivity contribution in [1.29, 1.82) is 0 Å². The van der Waals surface area contributed by atoms with Crippen LogP contribution in [0.25, 0.3) is 0 Å². The summed E-state index contributed by atoms with van der Waals surface area (Å²) < 4.78 is 5.66. The number of esters is 1. The fraction of sp³-hybridized carbons (Fsp3) is 0.950. The van der Waals surface area contributed by atoms with Gasteiger partial charge in [-0.3, -0.25) is 4.79 Å². The number of carbonyl (C=O) groups is 1. The van der Waals surface area contributed by atoms with Crippen molar-refractivity contribution in [2.75, 3.05) is 14.2 Å². The van der Waals surface area contributed by atoms with Crippen molar-refractivity contribution in [2.24, 2.45) is 41.4 Å². The summed E-state index contributed by atoms with van der Waals surface area (Å²) in [5.74, 6) is 5.69. The van der Waals surface area contributed by atoms with Crippen LogP contribution < -0.4 is 0 Å². The van der Waals surface area contributed by atoms with Gasteiger partial charge in [0, 0.05) is 14.2 Å². The zero-order valence-corrected chi connectivity index (χ0v) is 15.3. The first kappa shape index (κ1) is 21.4. The summed E-state index contributed by atoms with van der Waals surface area (Å²) in [7, 11) is 2.00. The summed E-state index contributed by atoms with van der Waals surface area (Å²) in [5, 5.41) is 14.0. The van der Waals surface area contributed by atoms with Gasteiger partial charge in [0.15, 0.2) is 0 Å². The molecule has 24 heavy (non-hydrogen) atoms. The maximum atomic E-state index is 12.4. The molecule has 0 aromatic carbocycles. The second kappa shape index (κ2) is 8.18. The van der Waals surface area contributed by atoms with Crippen LogP contribution in [0.15, 0.2) is 0 Å². The van der Waals surface area contributed by atoms with Gasteiger partial charge in [-0.1, -0.05) is 7.43 Å². The van der Waals surface area contributed by atoms with E-state index in [1.165, 1.54) is 25.7 Å². The molecule has 0 heterocycles. The molecule has 0 saturated heterocycles. The Morgan fingerprint density at radius 3 is 1.96 bits per heavy atom.